The van der Waals surface area contributed by atoms with Crippen LogP contribution in [0.3, 0.4) is 0 Å². The number of halogens is 6. The van der Waals surface area contributed by atoms with Crippen LogP contribution in [0.25, 0.3) is 11.3 Å². The molecule has 0 radical (unpaired) electrons. The summed E-state index contributed by atoms with van der Waals surface area (Å²) in [6.07, 6.45) is -3.12. The average molecular weight is 616 g/mol. The summed E-state index contributed by atoms with van der Waals surface area (Å²) in [5.41, 5.74) is -3.67. The highest BCUT2D eigenvalue weighted by Gasteiger charge is 2.47. The van der Waals surface area contributed by atoms with E-state index in [0.29, 0.717) is 0 Å². The number of hydrogen-bond acceptors (Lipinski definition) is 6. The van der Waals surface area contributed by atoms with Gasteiger partial charge in [0.1, 0.15) is 15.6 Å². The number of carbonyl (C=O) groups excluding carboxylic acids is 1. The topological polar surface area (TPSA) is 111 Å². The quantitative estimate of drug-likeness (QED) is 0.388. The van der Waals surface area contributed by atoms with Crippen molar-refractivity contribution >= 4 is 27.3 Å². The number of benzene rings is 1. The minimum absolute atomic E-state index is 0.0106. The minimum Gasteiger partial charge on any atom is -0.434 e. The number of sulfone groups is 1. The molecule has 2 N–H and O–H groups in total. The third-order valence-corrected chi connectivity index (χ3v) is 9.22. The Kier molecular flexibility index (Phi) is 9.17. The van der Waals surface area contributed by atoms with Gasteiger partial charge in [0.2, 0.25) is 0 Å². The lowest BCUT2D eigenvalue weighted by molar-refractivity contribution is -0.211. The molecular formula is C25H31ClF5N3O5S. The molecule has 40 heavy (non-hydrogen) atoms. The fraction of sp³-hybridized carbons (Fsp3) is 0.600. The largest absolute Gasteiger partial charge is 0.434 e. The fourth-order valence-corrected chi connectivity index (χ4v) is 6.11. The molecule has 1 heterocycles. The van der Waals surface area contributed by atoms with Gasteiger partial charge in [-0.1, -0.05) is 31.5 Å². The molecule has 15 heteroatoms. The number of nitrogens with zero attached hydrogens (tertiary/aromatic N) is 2. The van der Waals surface area contributed by atoms with Crippen molar-refractivity contribution in [2.75, 3.05) is 12.8 Å². The lowest BCUT2D eigenvalue weighted by Gasteiger charge is -2.35. The van der Waals surface area contributed by atoms with E-state index < -0.39 is 57.0 Å². The Balaban J connectivity index is 1.84. The molecule has 0 aliphatic heterocycles. The van der Waals surface area contributed by atoms with Gasteiger partial charge < -0.3 is 15.2 Å². The number of ether oxygens (including phenoxy) is 1. The molecule has 1 aromatic carbocycles. The molecule has 0 spiro atoms. The molecular weight excluding hydrogens is 585 g/mol. The maximum Gasteiger partial charge on any atom is 0.394 e. The predicted molar refractivity (Wildman–Crippen MR) is 138 cm³/mol. The number of amides is 1. The number of aryl methyl sites for hydroxylation is 1. The molecule has 1 aromatic heterocycles. The van der Waals surface area contributed by atoms with Crippen LogP contribution >= 0.6 is 11.6 Å². The highest BCUT2D eigenvalue weighted by Crippen LogP contribution is 2.43. The number of aromatic nitrogens is 2. The van der Waals surface area contributed by atoms with Gasteiger partial charge in [-0.2, -0.15) is 27.1 Å². The van der Waals surface area contributed by atoms with Gasteiger partial charge in [0.25, 0.3) is 5.91 Å². The van der Waals surface area contributed by atoms with E-state index in [1.54, 1.807) is 0 Å². The monoisotopic (exact) mass is 615 g/mol. The minimum atomic E-state index is -4.54. The zero-order valence-electron chi connectivity index (χ0n) is 22.3. The Hall–Kier alpha value is -2.45. The van der Waals surface area contributed by atoms with E-state index in [4.69, 9.17) is 11.6 Å². The summed E-state index contributed by atoms with van der Waals surface area (Å²) in [4.78, 5) is 12.9. The summed E-state index contributed by atoms with van der Waals surface area (Å²) in [5, 5.41) is 16.6. The summed E-state index contributed by atoms with van der Waals surface area (Å²) >= 11 is 6.43. The normalized spacial score (nSPS) is 20.6. The van der Waals surface area contributed by atoms with Gasteiger partial charge >= 0.3 is 12.8 Å². The lowest BCUT2D eigenvalue weighted by atomic mass is 9.84. The van der Waals surface area contributed by atoms with Gasteiger partial charge in [-0.05, 0) is 49.8 Å². The van der Waals surface area contributed by atoms with Crippen LogP contribution in [0.4, 0.5) is 22.0 Å². The SMILES string of the molecule is Cn1nc(C(=O)NC[C@]2(O)CC[C@@H](S(C)(=O)=O)CC2)c(Cl)c1-c1ccc(CC(C)(C)C(F)(F)F)cc1OC(F)F. The van der Waals surface area contributed by atoms with Crippen LogP contribution in [-0.2, 0) is 23.3 Å². The molecule has 0 saturated heterocycles. The van der Waals surface area contributed by atoms with E-state index in [9.17, 15) is 40.3 Å². The Morgan fingerprint density at radius 3 is 2.40 bits per heavy atom. The van der Waals surface area contributed by atoms with E-state index in [1.807, 2.05) is 0 Å². The molecule has 1 fully saturated rings. The van der Waals surface area contributed by atoms with Crippen LogP contribution in [-0.4, -0.2) is 65.7 Å². The number of rotatable bonds is 9. The summed E-state index contributed by atoms with van der Waals surface area (Å²) in [5.74, 6) is -1.22. The molecule has 1 aliphatic rings. The first-order valence-electron chi connectivity index (χ1n) is 12.3. The van der Waals surface area contributed by atoms with Crippen LogP contribution in [0.1, 0.15) is 55.6 Å². The maximum absolute atomic E-state index is 13.4. The van der Waals surface area contributed by atoms with Crippen LogP contribution in [0.2, 0.25) is 5.02 Å². The first-order valence-corrected chi connectivity index (χ1v) is 14.6. The van der Waals surface area contributed by atoms with Gasteiger partial charge in [0, 0.05) is 25.4 Å². The van der Waals surface area contributed by atoms with Gasteiger partial charge in [-0.3, -0.25) is 9.48 Å². The Morgan fingerprint density at radius 2 is 1.88 bits per heavy atom. The van der Waals surface area contributed by atoms with Crippen LogP contribution < -0.4 is 10.1 Å². The first kappa shape index (κ1) is 32.1. The van der Waals surface area contributed by atoms with E-state index in [-0.39, 0.29) is 59.8 Å². The third kappa shape index (κ3) is 7.24. The summed E-state index contributed by atoms with van der Waals surface area (Å²) in [6.45, 7) is -1.51. The predicted octanol–water partition coefficient (Wildman–Crippen LogP) is 4.92. The van der Waals surface area contributed by atoms with E-state index >= 15 is 0 Å². The zero-order valence-corrected chi connectivity index (χ0v) is 23.9. The van der Waals surface area contributed by atoms with Crippen molar-refractivity contribution in [1.29, 1.82) is 0 Å². The second-order valence-corrected chi connectivity index (χ2v) is 13.5. The van der Waals surface area contributed by atoms with Crippen molar-refractivity contribution < 1.29 is 45.0 Å². The summed E-state index contributed by atoms with van der Waals surface area (Å²) in [7, 11) is -1.86. The van der Waals surface area contributed by atoms with Crippen molar-refractivity contribution in [2.45, 2.75) is 69.6 Å². The molecule has 224 valence electrons. The average Bonchev–Trinajstić information content (AvgIpc) is 3.10. The van der Waals surface area contributed by atoms with Crippen molar-refractivity contribution in [3.8, 4) is 17.0 Å². The molecule has 1 amide bonds. The van der Waals surface area contributed by atoms with Crippen molar-refractivity contribution in [2.24, 2.45) is 12.5 Å². The van der Waals surface area contributed by atoms with Gasteiger partial charge in [-0.15, -0.1) is 0 Å². The van der Waals surface area contributed by atoms with Crippen LogP contribution in [0.5, 0.6) is 5.75 Å². The highest BCUT2D eigenvalue weighted by atomic mass is 35.5. The number of nitrogens with one attached hydrogen (secondary N) is 1. The van der Waals surface area contributed by atoms with Crippen molar-refractivity contribution in [3.05, 3.63) is 34.5 Å². The molecule has 1 saturated carbocycles. The second kappa shape index (κ2) is 11.4. The smallest absolute Gasteiger partial charge is 0.394 e. The number of aliphatic hydroxyl groups is 1. The molecule has 2 aromatic rings. The maximum atomic E-state index is 13.4. The Bertz CT molecular complexity index is 1350. The molecule has 0 unspecified atom stereocenters. The van der Waals surface area contributed by atoms with E-state index in [1.165, 1.54) is 19.2 Å². The van der Waals surface area contributed by atoms with Crippen LogP contribution in [0, 0.1) is 5.41 Å². The summed E-state index contributed by atoms with van der Waals surface area (Å²) < 4.78 is 95.9. The Morgan fingerprint density at radius 1 is 1.27 bits per heavy atom. The van der Waals surface area contributed by atoms with E-state index in [0.717, 1.165) is 30.9 Å². The molecule has 3 rings (SSSR count). The molecule has 8 nitrogen and oxygen atoms in total. The first-order chi connectivity index (χ1) is 18.2. The second-order valence-electron chi connectivity index (χ2n) is 10.8. The van der Waals surface area contributed by atoms with Gasteiger partial charge in [0.15, 0.2) is 5.69 Å². The van der Waals surface area contributed by atoms with Crippen molar-refractivity contribution in [1.82, 2.24) is 15.1 Å². The number of alkyl halides is 5. The molecule has 0 bridgehead atoms. The molecule has 0 atom stereocenters. The Labute approximate surface area is 233 Å². The zero-order chi connectivity index (χ0) is 30.3. The van der Waals surface area contributed by atoms with Gasteiger partial charge in [-0.25, -0.2) is 8.42 Å². The lowest BCUT2D eigenvalue weighted by Crippen LogP contribution is -2.47. The third-order valence-electron chi connectivity index (χ3n) is 7.18. The number of hydrogen-bond donors (Lipinski definition) is 2. The van der Waals surface area contributed by atoms with E-state index in [2.05, 4.69) is 15.2 Å². The highest BCUT2D eigenvalue weighted by molar-refractivity contribution is 7.91. The fourth-order valence-electron chi connectivity index (χ4n) is 4.67. The molecule has 1 aliphatic carbocycles. The standard InChI is InChI=1S/C25H31ClF5N3O5S/c1-23(2,25(29,30)31)12-14-5-6-16(17(11-14)39-22(27)28)20-18(26)19(33-34(20)3)21(35)32-13-24(36)9-7-15(8-10-24)40(4,37)38/h5-6,11,15,22,36H,7-10,12-13H2,1-4H3,(H,32,35)/t15-,24+. The van der Waals surface area contributed by atoms with Gasteiger partial charge in [0.05, 0.1) is 27.0 Å². The number of carbonyl (C=O) groups is 1. The summed E-state index contributed by atoms with van der Waals surface area (Å²) in [6, 6.07) is 3.67. The van der Waals surface area contributed by atoms with Crippen molar-refractivity contribution in [3.63, 3.8) is 0 Å². The van der Waals surface area contributed by atoms with Crippen LogP contribution in [0.15, 0.2) is 18.2 Å².